The Hall–Kier alpha value is -1.96. The van der Waals surface area contributed by atoms with Crippen LogP contribution in [-0.2, 0) is 4.57 Å². The SMILES string of the molecule is O=P(N=Cc1ccccc1Br)(c1ccccc1)c1ccccc1. The lowest BCUT2D eigenvalue weighted by atomic mass is 10.2. The third kappa shape index (κ3) is 3.52. The van der Waals surface area contributed by atoms with Crippen molar-refractivity contribution in [3.8, 4) is 0 Å². The molecule has 0 radical (unpaired) electrons. The predicted octanol–water partition coefficient (Wildman–Crippen LogP) is 4.80. The fraction of sp³-hybridized carbons (Fsp3) is 0. The summed E-state index contributed by atoms with van der Waals surface area (Å²) in [5, 5.41) is 1.46. The number of hydrogen-bond acceptors (Lipinski definition) is 1. The van der Waals surface area contributed by atoms with Crippen molar-refractivity contribution < 1.29 is 4.57 Å². The molecule has 0 aliphatic heterocycles. The molecule has 0 amide bonds. The molecule has 0 atom stereocenters. The molecule has 0 aliphatic carbocycles. The highest BCUT2D eigenvalue weighted by atomic mass is 79.9. The maximum Gasteiger partial charge on any atom is 0.247 e. The molecule has 0 fully saturated rings. The molecule has 0 unspecified atom stereocenters. The Morgan fingerprint density at radius 2 is 1.22 bits per heavy atom. The molecular weight excluding hydrogens is 369 g/mol. The average molecular weight is 384 g/mol. The lowest BCUT2D eigenvalue weighted by Crippen LogP contribution is -2.14. The molecule has 4 heteroatoms. The molecule has 3 aromatic rings. The Bertz CT molecular complexity index is 819. The highest BCUT2D eigenvalue weighted by molar-refractivity contribution is 9.10. The van der Waals surface area contributed by atoms with E-state index in [2.05, 4.69) is 20.7 Å². The molecule has 23 heavy (non-hydrogen) atoms. The van der Waals surface area contributed by atoms with Crippen molar-refractivity contribution in [2.45, 2.75) is 0 Å². The summed E-state index contributed by atoms with van der Waals surface area (Å²) in [7, 11) is -3.06. The third-order valence-corrected chi connectivity index (χ3v) is 6.64. The van der Waals surface area contributed by atoms with Crippen LogP contribution in [0.5, 0.6) is 0 Å². The molecule has 3 rings (SSSR count). The normalized spacial score (nSPS) is 11.7. The van der Waals surface area contributed by atoms with Gasteiger partial charge in [-0.15, -0.1) is 0 Å². The monoisotopic (exact) mass is 383 g/mol. The van der Waals surface area contributed by atoms with E-state index in [1.54, 1.807) is 6.21 Å². The van der Waals surface area contributed by atoms with Crippen molar-refractivity contribution in [2.75, 3.05) is 0 Å². The zero-order chi connectivity index (χ0) is 16.1. The molecular formula is C19H15BrNOP. The first-order chi connectivity index (χ1) is 11.2. The van der Waals surface area contributed by atoms with Gasteiger partial charge in [-0.1, -0.05) is 70.5 Å². The quantitative estimate of drug-likeness (QED) is 0.470. The number of nitrogens with zero attached hydrogens (tertiary/aromatic N) is 1. The van der Waals surface area contributed by atoms with Gasteiger partial charge in [0.05, 0.1) is 0 Å². The van der Waals surface area contributed by atoms with E-state index in [0.717, 1.165) is 20.6 Å². The smallest absolute Gasteiger partial charge is 0.247 e. The van der Waals surface area contributed by atoms with Gasteiger partial charge in [0.15, 0.2) is 0 Å². The van der Waals surface area contributed by atoms with Gasteiger partial charge in [0.25, 0.3) is 0 Å². The van der Waals surface area contributed by atoms with E-state index < -0.39 is 7.29 Å². The first-order valence-corrected chi connectivity index (χ1v) is 9.67. The topological polar surface area (TPSA) is 29.4 Å². The molecule has 114 valence electrons. The van der Waals surface area contributed by atoms with Gasteiger partial charge in [0.1, 0.15) is 0 Å². The van der Waals surface area contributed by atoms with Crippen LogP contribution >= 0.6 is 23.2 Å². The fourth-order valence-electron chi connectivity index (χ4n) is 2.27. The zero-order valence-corrected chi connectivity index (χ0v) is 14.8. The van der Waals surface area contributed by atoms with Crippen molar-refractivity contribution >= 4 is 40.0 Å². The van der Waals surface area contributed by atoms with Crippen molar-refractivity contribution in [1.82, 2.24) is 0 Å². The summed E-state index contributed by atoms with van der Waals surface area (Å²) in [6.45, 7) is 0. The Balaban J connectivity index is 2.11. The van der Waals surface area contributed by atoms with Crippen molar-refractivity contribution in [3.63, 3.8) is 0 Å². The second-order valence-corrected chi connectivity index (χ2v) is 8.28. The first kappa shape index (κ1) is 15.9. The average Bonchev–Trinajstić information content (AvgIpc) is 2.62. The number of hydrogen-bond donors (Lipinski definition) is 0. The van der Waals surface area contributed by atoms with E-state index in [4.69, 9.17) is 0 Å². The van der Waals surface area contributed by atoms with Gasteiger partial charge in [-0.2, -0.15) is 0 Å². The van der Waals surface area contributed by atoms with E-state index in [1.807, 2.05) is 84.9 Å². The number of benzene rings is 3. The summed E-state index contributed by atoms with van der Waals surface area (Å²) < 4.78 is 19.1. The van der Waals surface area contributed by atoms with Gasteiger partial charge < -0.3 is 0 Å². The largest absolute Gasteiger partial charge is 0.288 e. The summed E-state index contributed by atoms with van der Waals surface area (Å²) in [4.78, 5) is 0. The summed E-state index contributed by atoms with van der Waals surface area (Å²) in [5.41, 5.74) is 0.902. The van der Waals surface area contributed by atoms with Gasteiger partial charge >= 0.3 is 0 Å². The van der Waals surface area contributed by atoms with Crippen LogP contribution in [0.15, 0.2) is 94.2 Å². The van der Waals surface area contributed by atoms with Crippen LogP contribution < -0.4 is 10.6 Å². The maximum atomic E-state index is 13.7. The van der Waals surface area contributed by atoms with Gasteiger partial charge in [-0.05, 0) is 30.3 Å². The van der Waals surface area contributed by atoms with Crippen LogP contribution in [0.4, 0.5) is 0 Å². The molecule has 0 spiro atoms. The van der Waals surface area contributed by atoms with Crippen LogP contribution in [-0.4, -0.2) is 6.21 Å². The van der Waals surface area contributed by atoms with Crippen LogP contribution in [0.3, 0.4) is 0 Å². The Labute approximate surface area is 144 Å². The Morgan fingerprint density at radius 1 is 0.739 bits per heavy atom. The van der Waals surface area contributed by atoms with Gasteiger partial charge in [-0.25, -0.2) is 4.76 Å². The molecule has 0 aromatic heterocycles. The van der Waals surface area contributed by atoms with E-state index >= 15 is 0 Å². The van der Waals surface area contributed by atoms with Crippen molar-refractivity contribution in [3.05, 3.63) is 95.0 Å². The van der Waals surface area contributed by atoms with E-state index in [-0.39, 0.29) is 0 Å². The van der Waals surface area contributed by atoms with E-state index in [1.165, 1.54) is 0 Å². The standard InChI is InChI=1S/C19H15BrNOP/c20-19-14-8-7-9-16(19)15-21-23(22,17-10-3-1-4-11-17)18-12-5-2-6-13-18/h1-15H. The zero-order valence-electron chi connectivity index (χ0n) is 12.3. The van der Waals surface area contributed by atoms with Crippen LogP contribution in [0.2, 0.25) is 0 Å². The van der Waals surface area contributed by atoms with Crippen LogP contribution in [0.1, 0.15) is 5.56 Å². The van der Waals surface area contributed by atoms with Gasteiger partial charge in [0.2, 0.25) is 7.29 Å². The fourth-order valence-corrected chi connectivity index (χ4v) is 4.66. The maximum absolute atomic E-state index is 13.7. The summed E-state index contributed by atoms with van der Waals surface area (Å²) in [6, 6.07) is 26.6. The first-order valence-electron chi connectivity index (χ1n) is 7.21. The van der Waals surface area contributed by atoms with Crippen molar-refractivity contribution in [2.24, 2.45) is 4.76 Å². The van der Waals surface area contributed by atoms with Crippen LogP contribution in [0.25, 0.3) is 0 Å². The molecule has 0 aliphatic rings. The minimum absolute atomic E-state index is 0.731. The Morgan fingerprint density at radius 3 is 1.74 bits per heavy atom. The predicted molar refractivity (Wildman–Crippen MR) is 101 cm³/mol. The van der Waals surface area contributed by atoms with Gasteiger partial charge in [-0.3, -0.25) is 4.57 Å². The molecule has 2 nitrogen and oxygen atoms in total. The molecule has 0 saturated carbocycles. The Kier molecular flexibility index (Phi) is 4.90. The molecule has 0 heterocycles. The van der Waals surface area contributed by atoms with E-state index in [9.17, 15) is 4.57 Å². The van der Waals surface area contributed by atoms with Crippen LogP contribution in [0, 0.1) is 0 Å². The minimum Gasteiger partial charge on any atom is -0.288 e. The third-order valence-electron chi connectivity index (χ3n) is 3.48. The lowest BCUT2D eigenvalue weighted by Gasteiger charge is -2.14. The molecule has 0 saturated heterocycles. The molecule has 3 aromatic carbocycles. The number of rotatable bonds is 4. The van der Waals surface area contributed by atoms with E-state index in [0.29, 0.717) is 0 Å². The second kappa shape index (κ2) is 7.08. The summed E-state index contributed by atoms with van der Waals surface area (Å²) in [6.07, 6.45) is 1.69. The van der Waals surface area contributed by atoms with Crippen molar-refractivity contribution in [1.29, 1.82) is 0 Å². The second-order valence-electron chi connectivity index (χ2n) is 5.01. The molecule has 0 bridgehead atoms. The highest BCUT2D eigenvalue weighted by Crippen LogP contribution is 2.44. The van der Waals surface area contributed by atoms with Gasteiger partial charge in [0, 0.05) is 26.9 Å². The summed E-state index contributed by atoms with van der Waals surface area (Å²) in [5.74, 6) is 0. The lowest BCUT2D eigenvalue weighted by molar-refractivity contribution is 0.588. The molecule has 0 N–H and O–H groups in total. The summed E-state index contributed by atoms with van der Waals surface area (Å²) >= 11 is 3.50. The minimum atomic E-state index is -3.06. The highest BCUT2D eigenvalue weighted by Gasteiger charge is 2.25. The number of halogens is 1.